The van der Waals surface area contributed by atoms with Crippen molar-refractivity contribution in [1.29, 1.82) is 0 Å². The summed E-state index contributed by atoms with van der Waals surface area (Å²) in [6.45, 7) is 0.111. The van der Waals surface area contributed by atoms with Crippen LogP contribution in [-0.2, 0) is 16.6 Å². The minimum Gasteiger partial charge on any atom is -0.481 e. The normalized spacial score (nSPS) is 21.0. The Labute approximate surface area is 84.5 Å². The van der Waals surface area contributed by atoms with E-state index in [2.05, 4.69) is 15.4 Å². The summed E-state index contributed by atoms with van der Waals surface area (Å²) in [5, 5.41) is 19.8. The van der Waals surface area contributed by atoms with Gasteiger partial charge in [0.2, 0.25) is 5.91 Å². The molecule has 1 N–H and O–H groups in total. The molecule has 1 aromatic heterocycles. The lowest BCUT2D eigenvalue weighted by atomic mass is 10.1. The zero-order chi connectivity index (χ0) is 11.0. The fourth-order valence-corrected chi connectivity index (χ4v) is 1.45. The second kappa shape index (κ2) is 3.30. The standard InChI is InChI=1S/C7H9N5O3/c1-11-9-7(8-10-11)12-3-4(6(14)15)2-5(12)13/h4H,2-3H2,1H3,(H,14,15). The van der Waals surface area contributed by atoms with E-state index in [9.17, 15) is 9.59 Å². The number of aryl methyl sites for hydroxylation is 1. The number of amides is 1. The van der Waals surface area contributed by atoms with Gasteiger partial charge in [0.15, 0.2) is 0 Å². The van der Waals surface area contributed by atoms with Gasteiger partial charge in [0.05, 0.1) is 13.0 Å². The van der Waals surface area contributed by atoms with Crippen LogP contribution in [0.25, 0.3) is 0 Å². The molecule has 1 atom stereocenters. The van der Waals surface area contributed by atoms with Gasteiger partial charge in [-0.15, -0.1) is 5.10 Å². The average molecular weight is 211 g/mol. The van der Waals surface area contributed by atoms with E-state index in [1.54, 1.807) is 7.05 Å². The average Bonchev–Trinajstić information content (AvgIpc) is 2.71. The van der Waals surface area contributed by atoms with Crippen molar-refractivity contribution in [1.82, 2.24) is 20.2 Å². The molecule has 2 heterocycles. The molecular formula is C7H9N5O3. The van der Waals surface area contributed by atoms with Gasteiger partial charge in [-0.1, -0.05) is 5.10 Å². The van der Waals surface area contributed by atoms with Gasteiger partial charge < -0.3 is 5.11 Å². The molecule has 1 unspecified atom stereocenters. The fraction of sp³-hybridized carbons (Fsp3) is 0.571. The highest BCUT2D eigenvalue weighted by Crippen LogP contribution is 2.21. The Morgan fingerprint density at radius 3 is 2.80 bits per heavy atom. The molecule has 1 aliphatic heterocycles. The molecule has 1 aliphatic rings. The van der Waals surface area contributed by atoms with Crippen LogP contribution in [0.4, 0.5) is 5.95 Å². The van der Waals surface area contributed by atoms with Crippen LogP contribution in [0.15, 0.2) is 0 Å². The van der Waals surface area contributed by atoms with E-state index < -0.39 is 11.9 Å². The van der Waals surface area contributed by atoms with Gasteiger partial charge in [-0.25, -0.2) is 0 Å². The SMILES string of the molecule is Cn1nnc(N2CC(C(=O)O)CC2=O)n1. The summed E-state index contributed by atoms with van der Waals surface area (Å²) in [6.07, 6.45) is -0.00636. The number of carboxylic acid groups (broad SMARTS) is 1. The van der Waals surface area contributed by atoms with Crippen LogP contribution in [0, 0.1) is 5.92 Å². The van der Waals surface area contributed by atoms with Gasteiger partial charge in [0, 0.05) is 13.0 Å². The number of carbonyl (C=O) groups is 2. The first-order valence-electron chi connectivity index (χ1n) is 4.35. The molecule has 2 rings (SSSR count). The smallest absolute Gasteiger partial charge is 0.308 e. The lowest BCUT2D eigenvalue weighted by Gasteiger charge is -2.09. The molecule has 0 aromatic carbocycles. The number of carbonyl (C=O) groups excluding carboxylic acids is 1. The van der Waals surface area contributed by atoms with Crippen LogP contribution in [0.3, 0.4) is 0 Å². The summed E-state index contributed by atoms with van der Waals surface area (Å²) < 4.78 is 0. The summed E-state index contributed by atoms with van der Waals surface area (Å²) in [5.41, 5.74) is 0. The monoisotopic (exact) mass is 211 g/mol. The Kier molecular flexibility index (Phi) is 2.10. The van der Waals surface area contributed by atoms with Gasteiger partial charge in [0.1, 0.15) is 0 Å². The molecule has 8 nitrogen and oxygen atoms in total. The zero-order valence-corrected chi connectivity index (χ0v) is 7.99. The molecule has 1 saturated heterocycles. The number of tetrazole rings is 1. The molecule has 15 heavy (non-hydrogen) atoms. The number of hydrogen-bond acceptors (Lipinski definition) is 5. The topological polar surface area (TPSA) is 101 Å². The van der Waals surface area contributed by atoms with Crippen molar-refractivity contribution in [2.75, 3.05) is 11.4 Å². The molecule has 8 heteroatoms. The van der Waals surface area contributed by atoms with Gasteiger partial charge >= 0.3 is 5.97 Å². The Balaban J connectivity index is 2.18. The third-order valence-electron chi connectivity index (χ3n) is 2.21. The molecule has 0 bridgehead atoms. The van der Waals surface area contributed by atoms with Gasteiger partial charge in [-0.2, -0.15) is 4.80 Å². The second-order valence-corrected chi connectivity index (χ2v) is 3.32. The highest BCUT2D eigenvalue weighted by atomic mass is 16.4. The van der Waals surface area contributed by atoms with E-state index in [1.165, 1.54) is 9.70 Å². The Hall–Kier alpha value is -1.99. The first-order chi connectivity index (χ1) is 7.08. The maximum atomic E-state index is 11.4. The van der Waals surface area contributed by atoms with Gasteiger partial charge in [-0.05, 0) is 5.21 Å². The van der Waals surface area contributed by atoms with E-state index in [0.717, 1.165) is 0 Å². The summed E-state index contributed by atoms with van der Waals surface area (Å²) in [4.78, 5) is 24.6. The summed E-state index contributed by atoms with van der Waals surface area (Å²) >= 11 is 0. The minimum atomic E-state index is -0.977. The van der Waals surface area contributed by atoms with Crippen LogP contribution < -0.4 is 4.90 Å². The number of aliphatic carboxylic acids is 1. The molecule has 0 spiro atoms. The van der Waals surface area contributed by atoms with Crippen LogP contribution >= 0.6 is 0 Å². The van der Waals surface area contributed by atoms with Crippen molar-refractivity contribution in [2.24, 2.45) is 13.0 Å². The van der Waals surface area contributed by atoms with E-state index in [1.807, 2.05) is 0 Å². The fourth-order valence-electron chi connectivity index (χ4n) is 1.45. The molecule has 80 valence electrons. The third kappa shape index (κ3) is 1.65. The number of rotatable bonds is 2. The number of aromatic nitrogens is 4. The molecule has 1 amide bonds. The Morgan fingerprint density at radius 2 is 2.33 bits per heavy atom. The Bertz CT molecular complexity index is 415. The lowest BCUT2D eigenvalue weighted by Crippen LogP contribution is -2.27. The van der Waals surface area contributed by atoms with Crippen molar-refractivity contribution in [3.8, 4) is 0 Å². The van der Waals surface area contributed by atoms with Crippen molar-refractivity contribution >= 4 is 17.8 Å². The van der Waals surface area contributed by atoms with Gasteiger partial charge in [0.25, 0.3) is 5.95 Å². The predicted octanol–water partition coefficient (Wildman–Crippen LogP) is -1.35. The van der Waals surface area contributed by atoms with Crippen molar-refractivity contribution < 1.29 is 14.7 Å². The zero-order valence-electron chi connectivity index (χ0n) is 7.99. The number of nitrogens with zero attached hydrogens (tertiary/aromatic N) is 5. The highest BCUT2D eigenvalue weighted by molar-refractivity contribution is 5.97. The molecule has 0 aliphatic carbocycles. The molecule has 1 aromatic rings. The number of carboxylic acids is 1. The van der Waals surface area contributed by atoms with Crippen LogP contribution in [0.5, 0.6) is 0 Å². The van der Waals surface area contributed by atoms with Gasteiger partial charge in [-0.3, -0.25) is 14.5 Å². The number of hydrogen-bond donors (Lipinski definition) is 1. The lowest BCUT2D eigenvalue weighted by molar-refractivity contribution is -0.141. The molecule has 1 fully saturated rings. The van der Waals surface area contributed by atoms with Crippen molar-refractivity contribution in [3.05, 3.63) is 0 Å². The van der Waals surface area contributed by atoms with Crippen LogP contribution in [-0.4, -0.2) is 43.7 Å². The second-order valence-electron chi connectivity index (χ2n) is 3.32. The van der Waals surface area contributed by atoms with E-state index in [-0.39, 0.29) is 24.8 Å². The molecule has 0 saturated carbocycles. The summed E-state index contributed by atoms with van der Waals surface area (Å²) in [7, 11) is 1.58. The quantitative estimate of drug-likeness (QED) is 0.648. The predicted molar refractivity (Wildman–Crippen MR) is 46.9 cm³/mol. The summed E-state index contributed by atoms with van der Waals surface area (Å²) in [5.74, 6) is -1.78. The van der Waals surface area contributed by atoms with Crippen molar-refractivity contribution in [3.63, 3.8) is 0 Å². The molecule has 0 radical (unpaired) electrons. The van der Waals surface area contributed by atoms with Crippen LogP contribution in [0.2, 0.25) is 0 Å². The van der Waals surface area contributed by atoms with Crippen LogP contribution in [0.1, 0.15) is 6.42 Å². The van der Waals surface area contributed by atoms with Crippen molar-refractivity contribution in [2.45, 2.75) is 6.42 Å². The first-order valence-corrected chi connectivity index (χ1v) is 4.35. The first kappa shape index (κ1) is 9.56. The maximum Gasteiger partial charge on any atom is 0.308 e. The number of anilines is 1. The molecular weight excluding hydrogens is 202 g/mol. The largest absolute Gasteiger partial charge is 0.481 e. The highest BCUT2D eigenvalue weighted by Gasteiger charge is 2.36. The van der Waals surface area contributed by atoms with E-state index in [0.29, 0.717) is 0 Å². The van der Waals surface area contributed by atoms with E-state index in [4.69, 9.17) is 5.11 Å². The minimum absolute atomic E-state index is 0.00636. The Morgan fingerprint density at radius 1 is 1.60 bits per heavy atom. The third-order valence-corrected chi connectivity index (χ3v) is 2.21. The maximum absolute atomic E-state index is 11.4. The summed E-state index contributed by atoms with van der Waals surface area (Å²) in [6, 6.07) is 0. The van der Waals surface area contributed by atoms with E-state index >= 15 is 0 Å².